The first-order valence-electron chi connectivity index (χ1n) is 5.02. The van der Waals surface area contributed by atoms with Gasteiger partial charge in [-0.2, -0.15) is 0 Å². The minimum atomic E-state index is 0.790. The van der Waals surface area contributed by atoms with Gasteiger partial charge in [0.1, 0.15) is 0 Å². The van der Waals surface area contributed by atoms with E-state index >= 15 is 0 Å². The summed E-state index contributed by atoms with van der Waals surface area (Å²) in [5.41, 5.74) is 0.799. The number of hydrogen-bond acceptors (Lipinski definition) is 1. The van der Waals surface area contributed by atoms with E-state index in [1.807, 2.05) is 0 Å². The summed E-state index contributed by atoms with van der Waals surface area (Å²) in [6.07, 6.45) is 13.3. The van der Waals surface area contributed by atoms with Gasteiger partial charge < -0.3 is 5.32 Å². The molecule has 2 saturated carbocycles. The summed E-state index contributed by atoms with van der Waals surface area (Å²) in [6, 6.07) is 0.790. The largest absolute Gasteiger partial charge is 0.313 e. The average molecular weight is 163 g/mol. The monoisotopic (exact) mass is 163 g/mol. The molecule has 0 unspecified atom stereocenters. The number of rotatable bonds is 3. The highest BCUT2D eigenvalue weighted by molar-refractivity contribution is 5.02. The molecule has 0 bridgehead atoms. The van der Waals surface area contributed by atoms with Crippen LogP contribution in [0.3, 0.4) is 0 Å². The molecular formula is C11H17N. The van der Waals surface area contributed by atoms with Gasteiger partial charge in [-0.25, -0.2) is 0 Å². The Hall–Kier alpha value is -0.480. The first-order valence-corrected chi connectivity index (χ1v) is 5.02. The second-order valence-electron chi connectivity index (χ2n) is 4.37. The minimum absolute atomic E-state index is 0.790. The Morgan fingerprint density at radius 1 is 1.42 bits per heavy atom. The van der Waals surface area contributed by atoms with Gasteiger partial charge in [0.05, 0.1) is 0 Å². The molecule has 1 spiro atoms. The summed E-state index contributed by atoms with van der Waals surface area (Å²) in [4.78, 5) is 0. The molecule has 0 aliphatic heterocycles. The number of hydrogen-bond donors (Lipinski definition) is 1. The summed E-state index contributed by atoms with van der Waals surface area (Å²) < 4.78 is 0. The van der Waals surface area contributed by atoms with E-state index in [-0.39, 0.29) is 0 Å². The summed E-state index contributed by atoms with van der Waals surface area (Å²) >= 11 is 0. The van der Waals surface area contributed by atoms with Crippen molar-refractivity contribution in [3.05, 3.63) is 0 Å². The molecule has 66 valence electrons. The lowest BCUT2D eigenvalue weighted by Gasteiger charge is -2.54. The van der Waals surface area contributed by atoms with Crippen LogP contribution in [0.4, 0.5) is 0 Å². The minimum Gasteiger partial charge on any atom is -0.313 e. The lowest BCUT2D eigenvalue weighted by molar-refractivity contribution is -0.00159. The van der Waals surface area contributed by atoms with Gasteiger partial charge in [0, 0.05) is 19.0 Å². The Labute approximate surface area is 74.9 Å². The first-order chi connectivity index (χ1) is 5.85. The maximum atomic E-state index is 5.17. The van der Waals surface area contributed by atoms with Crippen molar-refractivity contribution in [3.63, 3.8) is 0 Å². The molecule has 0 atom stereocenters. The average Bonchev–Trinajstić information content (AvgIpc) is 1.90. The van der Waals surface area contributed by atoms with Gasteiger partial charge in [0.2, 0.25) is 0 Å². The molecule has 2 rings (SSSR count). The van der Waals surface area contributed by atoms with Crippen LogP contribution in [0.1, 0.15) is 38.5 Å². The highest BCUT2D eigenvalue weighted by atomic mass is 14.9. The van der Waals surface area contributed by atoms with E-state index in [4.69, 9.17) is 6.42 Å². The maximum Gasteiger partial charge on any atom is 0.0211 e. The zero-order valence-electron chi connectivity index (χ0n) is 7.60. The Balaban J connectivity index is 1.59. The van der Waals surface area contributed by atoms with Crippen molar-refractivity contribution < 1.29 is 0 Å². The fourth-order valence-electron chi connectivity index (χ4n) is 2.56. The lowest BCUT2D eigenvalue weighted by atomic mass is 9.54. The molecule has 0 amide bonds. The molecule has 12 heavy (non-hydrogen) atoms. The van der Waals surface area contributed by atoms with E-state index in [1.165, 1.54) is 32.1 Å². The Kier molecular flexibility index (Phi) is 2.11. The van der Waals surface area contributed by atoms with Crippen LogP contribution in [-0.2, 0) is 0 Å². The molecular weight excluding hydrogens is 146 g/mol. The van der Waals surface area contributed by atoms with E-state index in [1.54, 1.807) is 0 Å². The predicted octanol–water partition coefficient (Wildman–Crippen LogP) is 1.93. The van der Waals surface area contributed by atoms with Crippen molar-refractivity contribution in [2.75, 3.05) is 6.54 Å². The van der Waals surface area contributed by atoms with Gasteiger partial charge in [0.15, 0.2) is 0 Å². The lowest BCUT2D eigenvalue weighted by Crippen LogP contribution is -2.52. The van der Waals surface area contributed by atoms with Crippen LogP contribution in [-0.4, -0.2) is 12.6 Å². The fourth-order valence-corrected chi connectivity index (χ4v) is 2.56. The van der Waals surface area contributed by atoms with E-state index < -0.39 is 0 Å². The van der Waals surface area contributed by atoms with Crippen LogP contribution in [0.25, 0.3) is 0 Å². The molecule has 2 aliphatic rings. The smallest absolute Gasteiger partial charge is 0.0211 e. The second-order valence-corrected chi connectivity index (χ2v) is 4.37. The van der Waals surface area contributed by atoms with E-state index in [0.29, 0.717) is 0 Å². The van der Waals surface area contributed by atoms with Crippen LogP contribution < -0.4 is 5.32 Å². The zero-order chi connectivity index (χ0) is 8.44. The molecule has 0 saturated heterocycles. The van der Waals surface area contributed by atoms with Gasteiger partial charge in [-0.3, -0.25) is 0 Å². The van der Waals surface area contributed by atoms with E-state index in [0.717, 1.165) is 24.4 Å². The standard InChI is InChI=1S/C11H17N/c1-2-3-7-12-10-8-11(9-10)5-4-6-11/h1,10,12H,3-9H2. The van der Waals surface area contributed by atoms with Crippen LogP contribution >= 0.6 is 0 Å². The van der Waals surface area contributed by atoms with Crippen LogP contribution in [0.2, 0.25) is 0 Å². The highest BCUT2D eigenvalue weighted by Gasteiger charge is 2.47. The molecule has 0 aromatic rings. The molecule has 1 N–H and O–H groups in total. The topological polar surface area (TPSA) is 12.0 Å². The van der Waals surface area contributed by atoms with Crippen molar-refractivity contribution in [3.8, 4) is 12.3 Å². The maximum absolute atomic E-state index is 5.17. The molecule has 2 fully saturated rings. The van der Waals surface area contributed by atoms with Crippen LogP contribution in [0, 0.1) is 17.8 Å². The van der Waals surface area contributed by atoms with Gasteiger partial charge in [-0.05, 0) is 31.1 Å². The van der Waals surface area contributed by atoms with Gasteiger partial charge in [0.25, 0.3) is 0 Å². The number of nitrogens with one attached hydrogen (secondary N) is 1. The summed E-state index contributed by atoms with van der Waals surface area (Å²) in [7, 11) is 0. The van der Waals surface area contributed by atoms with Crippen molar-refractivity contribution in [2.24, 2.45) is 5.41 Å². The first kappa shape index (κ1) is 8.13. The van der Waals surface area contributed by atoms with E-state index in [9.17, 15) is 0 Å². The van der Waals surface area contributed by atoms with Crippen molar-refractivity contribution in [1.29, 1.82) is 0 Å². The second kappa shape index (κ2) is 3.11. The van der Waals surface area contributed by atoms with Crippen molar-refractivity contribution in [1.82, 2.24) is 5.32 Å². The molecule has 0 heterocycles. The van der Waals surface area contributed by atoms with Crippen LogP contribution in [0.5, 0.6) is 0 Å². The third-order valence-corrected chi connectivity index (χ3v) is 3.48. The molecule has 2 aliphatic carbocycles. The van der Waals surface area contributed by atoms with Gasteiger partial charge in [-0.1, -0.05) is 6.42 Å². The SMILES string of the molecule is C#CCCNC1CC2(CCC2)C1. The van der Waals surface area contributed by atoms with Gasteiger partial charge in [-0.15, -0.1) is 12.3 Å². The molecule has 1 heteroatoms. The molecule has 1 nitrogen and oxygen atoms in total. The molecule has 0 radical (unpaired) electrons. The summed E-state index contributed by atoms with van der Waals surface area (Å²) in [5.74, 6) is 2.66. The zero-order valence-corrected chi connectivity index (χ0v) is 7.60. The van der Waals surface area contributed by atoms with Crippen molar-refractivity contribution >= 4 is 0 Å². The quantitative estimate of drug-likeness (QED) is 0.495. The third kappa shape index (κ3) is 1.36. The van der Waals surface area contributed by atoms with Gasteiger partial charge >= 0.3 is 0 Å². The summed E-state index contributed by atoms with van der Waals surface area (Å²) in [6.45, 7) is 1.01. The van der Waals surface area contributed by atoms with Crippen LogP contribution in [0.15, 0.2) is 0 Å². The Morgan fingerprint density at radius 3 is 2.67 bits per heavy atom. The normalized spacial score (nSPS) is 25.9. The Bertz CT molecular complexity index is 190. The highest BCUT2D eigenvalue weighted by Crippen LogP contribution is 2.55. The fraction of sp³-hybridized carbons (Fsp3) is 0.818. The predicted molar refractivity (Wildman–Crippen MR) is 50.8 cm³/mol. The van der Waals surface area contributed by atoms with Crippen molar-refractivity contribution in [2.45, 2.75) is 44.6 Å². The van der Waals surface area contributed by atoms with E-state index in [2.05, 4.69) is 11.2 Å². The summed E-state index contributed by atoms with van der Waals surface area (Å²) in [5, 5.41) is 3.50. The molecule has 0 aromatic heterocycles. The molecule has 0 aromatic carbocycles. The number of terminal acetylenes is 1. The third-order valence-electron chi connectivity index (χ3n) is 3.48. The Morgan fingerprint density at radius 2 is 2.17 bits per heavy atom.